The average Bonchev–Trinajstić information content (AvgIpc) is 2.45. The molecular weight excluding hydrogens is 247 g/mol. The summed E-state index contributed by atoms with van der Waals surface area (Å²) in [5, 5.41) is 3.85. The number of aryl methyl sites for hydroxylation is 1. The number of ether oxygens (including phenoxy) is 1. The molecule has 16 heavy (non-hydrogen) atoms. The first kappa shape index (κ1) is 14.9. The summed E-state index contributed by atoms with van der Waals surface area (Å²) in [6.07, 6.45) is -3.71. The molecule has 0 amide bonds. The molecule has 0 unspecified atom stereocenters. The fourth-order valence-electron chi connectivity index (χ4n) is 0.957. The molecule has 1 rings (SSSR count). The molecular formula is C8H13ClF3N3O. The minimum atomic E-state index is -4.22. The van der Waals surface area contributed by atoms with Gasteiger partial charge in [0.25, 0.3) is 5.88 Å². The zero-order chi connectivity index (χ0) is 11.5. The Morgan fingerprint density at radius 2 is 2.12 bits per heavy atom. The Labute approximate surface area is 97.0 Å². The molecule has 0 aromatic carbocycles. The predicted octanol–water partition coefficient (Wildman–Crippen LogP) is 2.24. The molecule has 0 fully saturated rings. The quantitative estimate of drug-likeness (QED) is 0.902. The second-order valence-electron chi connectivity index (χ2n) is 2.96. The van der Waals surface area contributed by atoms with E-state index in [4.69, 9.17) is 10.5 Å². The number of halogens is 4. The number of nitrogens with zero attached hydrogens (tertiary/aromatic N) is 2. The van der Waals surface area contributed by atoms with E-state index in [1.807, 2.05) is 6.92 Å². The number of hydrogen-bond acceptors (Lipinski definition) is 3. The van der Waals surface area contributed by atoms with Crippen molar-refractivity contribution in [2.24, 2.45) is 0 Å². The first-order valence-corrected chi connectivity index (χ1v) is 4.45. The van der Waals surface area contributed by atoms with Gasteiger partial charge in [-0.1, -0.05) is 0 Å². The van der Waals surface area contributed by atoms with E-state index in [0.717, 1.165) is 0 Å². The monoisotopic (exact) mass is 259 g/mol. The minimum Gasteiger partial charge on any atom is -0.475 e. The van der Waals surface area contributed by atoms with E-state index < -0.39 is 19.2 Å². The van der Waals surface area contributed by atoms with Gasteiger partial charge in [-0.2, -0.15) is 13.2 Å². The normalized spacial score (nSPS) is 11.0. The van der Waals surface area contributed by atoms with Crippen molar-refractivity contribution in [3.8, 4) is 5.88 Å². The Kier molecular flexibility index (Phi) is 5.43. The molecule has 8 heteroatoms. The number of nitrogen functional groups attached to an aromatic ring is 1. The van der Waals surface area contributed by atoms with E-state index >= 15 is 0 Å². The first-order valence-electron chi connectivity index (χ1n) is 4.45. The van der Waals surface area contributed by atoms with E-state index in [9.17, 15) is 13.2 Å². The van der Waals surface area contributed by atoms with Crippen molar-refractivity contribution < 1.29 is 17.9 Å². The van der Waals surface area contributed by atoms with Crippen molar-refractivity contribution in [3.63, 3.8) is 0 Å². The summed E-state index contributed by atoms with van der Waals surface area (Å²) in [6, 6.07) is 0. The molecule has 0 atom stereocenters. The van der Waals surface area contributed by atoms with Crippen LogP contribution in [0.3, 0.4) is 0 Å². The summed E-state index contributed by atoms with van der Waals surface area (Å²) in [5.41, 5.74) is 5.73. The molecule has 0 bridgehead atoms. The van der Waals surface area contributed by atoms with Crippen molar-refractivity contribution >= 4 is 18.1 Å². The first-order chi connectivity index (χ1) is 6.92. The smallest absolute Gasteiger partial charge is 0.392 e. The van der Waals surface area contributed by atoms with Gasteiger partial charge in [-0.25, -0.2) is 0 Å². The highest BCUT2D eigenvalue weighted by atomic mass is 35.5. The second-order valence-corrected chi connectivity index (χ2v) is 2.96. The molecule has 94 valence electrons. The number of anilines is 1. The van der Waals surface area contributed by atoms with Crippen LogP contribution in [0.15, 0.2) is 6.20 Å². The van der Waals surface area contributed by atoms with Crippen LogP contribution in [0.25, 0.3) is 0 Å². The second kappa shape index (κ2) is 5.83. The standard InChI is InChI=1S/C8H12F3N3O.ClH/c1-2-14-5-6(12)7(13-14)15-4-3-8(9,10)11;/h5H,2-4,12H2,1H3;1H. The molecule has 0 radical (unpaired) electrons. The molecule has 1 aromatic rings. The Morgan fingerprint density at radius 3 is 2.56 bits per heavy atom. The lowest BCUT2D eigenvalue weighted by atomic mass is 10.4. The maximum absolute atomic E-state index is 11.8. The summed E-state index contributed by atoms with van der Waals surface area (Å²) in [6.45, 7) is 1.97. The van der Waals surface area contributed by atoms with Gasteiger partial charge in [0.1, 0.15) is 5.69 Å². The largest absolute Gasteiger partial charge is 0.475 e. The highest BCUT2D eigenvalue weighted by molar-refractivity contribution is 5.85. The summed E-state index contributed by atoms with van der Waals surface area (Å²) in [4.78, 5) is 0. The highest BCUT2D eigenvalue weighted by Crippen LogP contribution is 2.22. The van der Waals surface area contributed by atoms with Crippen molar-refractivity contribution in [3.05, 3.63) is 6.20 Å². The van der Waals surface area contributed by atoms with Crippen LogP contribution in [0.5, 0.6) is 5.88 Å². The lowest BCUT2D eigenvalue weighted by Crippen LogP contribution is -2.13. The summed E-state index contributed by atoms with van der Waals surface area (Å²) >= 11 is 0. The lowest BCUT2D eigenvalue weighted by Gasteiger charge is -2.06. The Bertz CT molecular complexity index is 327. The molecule has 1 heterocycles. The fourth-order valence-corrected chi connectivity index (χ4v) is 0.957. The molecule has 0 saturated carbocycles. The molecule has 0 aliphatic carbocycles. The van der Waals surface area contributed by atoms with Gasteiger partial charge in [0.05, 0.1) is 19.2 Å². The summed E-state index contributed by atoms with van der Waals surface area (Å²) < 4.78 is 41.7. The van der Waals surface area contributed by atoms with Crippen LogP contribution in [0, 0.1) is 0 Å². The van der Waals surface area contributed by atoms with Crippen LogP contribution >= 0.6 is 12.4 Å². The molecule has 2 N–H and O–H groups in total. The Balaban J connectivity index is 0.00000225. The number of rotatable bonds is 4. The third-order valence-corrected chi connectivity index (χ3v) is 1.70. The topological polar surface area (TPSA) is 53.1 Å². The fraction of sp³-hybridized carbons (Fsp3) is 0.625. The van der Waals surface area contributed by atoms with Gasteiger partial charge in [-0.3, -0.25) is 4.68 Å². The van der Waals surface area contributed by atoms with Crippen LogP contribution in [0.1, 0.15) is 13.3 Å². The van der Waals surface area contributed by atoms with Gasteiger partial charge >= 0.3 is 6.18 Å². The van der Waals surface area contributed by atoms with Crippen molar-refractivity contribution in [1.82, 2.24) is 9.78 Å². The lowest BCUT2D eigenvalue weighted by molar-refractivity contribution is -0.139. The van der Waals surface area contributed by atoms with E-state index in [2.05, 4.69) is 5.10 Å². The van der Waals surface area contributed by atoms with E-state index in [1.165, 1.54) is 10.9 Å². The number of aromatic nitrogens is 2. The Morgan fingerprint density at radius 1 is 1.50 bits per heavy atom. The number of alkyl halides is 3. The molecule has 0 spiro atoms. The zero-order valence-corrected chi connectivity index (χ0v) is 9.44. The molecule has 1 aromatic heterocycles. The zero-order valence-electron chi connectivity index (χ0n) is 8.62. The summed E-state index contributed by atoms with van der Waals surface area (Å²) in [7, 11) is 0. The van der Waals surface area contributed by atoms with Crippen LogP contribution in [0.2, 0.25) is 0 Å². The SMILES string of the molecule is CCn1cc(N)c(OCCC(F)(F)F)n1.Cl. The Hall–Kier alpha value is -1.11. The van der Waals surface area contributed by atoms with Crippen LogP contribution in [-0.2, 0) is 6.54 Å². The van der Waals surface area contributed by atoms with E-state index in [1.54, 1.807) is 0 Å². The van der Waals surface area contributed by atoms with Gasteiger partial charge in [0.15, 0.2) is 0 Å². The van der Waals surface area contributed by atoms with Crippen molar-refractivity contribution in [2.45, 2.75) is 26.1 Å². The highest BCUT2D eigenvalue weighted by Gasteiger charge is 2.27. The van der Waals surface area contributed by atoms with Gasteiger partial charge in [0.2, 0.25) is 0 Å². The van der Waals surface area contributed by atoms with E-state index in [-0.39, 0.29) is 24.0 Å². The van der Waals surface area contributed by atoms with Gasteiger partial charge in [-0.05, 0) is 6.92 Å². The molecule has 0 aliphatic rings. The predicted molar refractivity (Wildman–Crippen MR) is 55.7 cm³/mol. The maximum Gasteiger partial charge on any atom is 0.392 e. The minimum absolute atomic E-state index is 0. The average molecular weight is 260 g/mol. The van der Waals surface area contributed by atoms with Crippen molar-refractivity contribution in [2.75, 3.05) is 12.3 Å². The molecule has 4 nitrogen and oxygen atoms in total. The number of hydrogen-bond donors (Lipinski definition) is 1. The van der Waals surface area contributed by atoms with Crippen LogP contribution in [0.4, 0.5) is 18.9 Å². The van der Waals surface area contributed by atoms with Gasteiger partial charge in [-0.15, -0.1) is 17.5 Å². The van der Waals surface area contributed by atoms with Crippen molar-refractivity contribution in [1.29, 1.82) is 0 Å². The maximum atomic E-state index is 11.8. The molecule has 0 saturated heterocycles. The van der Waals surface area contributed by atoms with Crippen LogP contribution < -0.4 is 10.5 Å². The van der Waals surface area contributed by atoms with E-state index in [0.29, 0.717) is 6.54 Å². The number of nitrogens with two attached hydrogens (primary N) is 1. The summed E-state index contributed by atoms with van der Waals surface area (Å²) in [5.74, 6) is 0.0566. The molecule has 0 aliphatic heterocycles. The van der Waals surface area contributed by atoms with Crippen LogP contribution in [-0.4, -0.2) is 22.6 Å². The van der Waals surface area contributed by atoms with Gasteiger partial charge in [0, 0.05) is 6.54 Å². The van der Waals surface area contributed by atoms with Gasteiger partial charge < -0.3 is 10.5 Å². The third kappa shape index (κ3) is 4.61. The third-order valence-electron chi connectivity index (χ3n) is 1.70.